The Balaban J connectivity index is 1.88. The van der Waals surface area contributed by atoms with Crippen LogP contribution in [0.3, 0.4) is 0 Å². The van der Waals surface area contributed by atoms with E-state index in [1.165, 1.54) is 4.90 Å². The molecule has 4 rings (SSSR count). The van der Waals surface area contributed by atoms with Gasteiger partial charge in [0.15, 0.2) is 0 Å². The quantitative estimate of drug-likeness (QED) is 0.588. The van der Waals surface area contributed by atoms with Crippen LogP contribution >= 0.6 is 11.8 Å². The van der Waals surface area contributed by atoms with Crippen molar-refractivity contribution in [3.8, 4) is 0 Å². The first-order valence-corrected chi connectivity index (χ1v) is 9.00. The van der Waals surface area contributed by atoms with Crippen molar-refractivity contribution in [2.45, 2.75) is 6.42 Å². The summed E-state index contributed by atoms with van der Waals surface area (Å²) in [5.74, 6) is 0.607. The standard InChI is InChI=1S/C18H16N2O2S/c1-23-10-4-9-20-17(21)12-7-8-14-15(16(12)18(20)22)11-5-2-3-6-13(11)19-14/h2-3,5-8,19H,4,9-10H2,1H3. The summed E-state index contributed by atoms with van der Waals surface area (Å²) in [5, 5.41) is 1.86. The first kappa shape index (κ1) is 14.3. The molecule has 0 atom stereocenters. The third-order valence-corrected chi connectivity index (χ3v) is 5.03. The molecule has 23 heavy (non-hydrogen) atoms. The van der Waals surface area contributed by atoms with Crippen LogP contribution in [0.1, 0.15) is 27.1 Å². The lowest BCUT2D eigenvalue weighted by Gasteiger charge is -2.12. The van der Waals surface area contributed by atoms with Crippen LogP contribution in [0.25, 0.3) is 21.8 Å². The zero-order valence-corrected chi connectivity index (χ0v) is 13.6. The highest BCUT2D eigenvalue weighted by Crippen LogP contribution is 2.35. The SMILES string of the molecule is CSCCCN1C(=O)c2ccc3[nH]c4ccccc4c3c2C1=O. The van der Waals surface area contributed by atoms with Gasteiger partial charge >= 0.3 is 0 Å². The van der Waals surface area contributed by atoms with Gasteiger partial charge in [-0.15, -0.1) is 0 Å². The minimum absolute atomic E-state index is 0.165. The van der Waals surface area contributed by atoms with Crippen molar-refractivity contribution >= 4 is 45.4 Å². The van der Waals surface area contributed by atoms with Gasteiger partial charge in [-0.1, -0.05) is 18.2 Å². The van der Waals surface area contributed by atoms with Crippen LogP contribution in [-0.4, -0.2) is 40.3 Å². The number of benzene rings is 2. The van der Waals surface area contributed by atoms with E-state index in [1.807, 2.05) is 36.6 Å². The van der Waals surface area contributed by atoms with Crippen LogP contribution < -0.4 is 0 Å². The fraction of sp³-hybridized carbons (Fsp3) is 0.222. The Bertz CT molecular complexity index is 945. The van der Waals surface area contributed by atoms with Gasteiger partial charge < -0.3 is 4.98 Å². The minimum Gasteiger partial charge on any atom is -0.354 e. The van der Waals surface area contributed by atoms with Gasteiger partial charge in [0.25, 0.3) is 11.8 Å². The van der Waals surface area contributed by atoms with E-state index in [9.17, 15) is 9.59 Å². The molecule has 0 aliphatic carbocycles. The number of carbonyl (C=O) groups excluding carboxylic acids is 2. The van der Waals surface area contributed by atoms with Crippen LogP contribution in [0.15, 0.2) is 36.4 Å². The van der Waals surface area contributed by atoms with Crippen molar-refractivity contribution in [3.05, 3.63) is 47.5 Å². The molecule has 0 bridgehead atoms. The molecule has 2 aromatic carbocycles. The first-order chi connectivity index (χ1) is 11.2. The number of aromatic nitrogens is 1. The fourth-order valence-corrected chi connectivity index (χ4v) is 3.70. The van der Waals surface area contributed by atoms with Gasteiger partial charge in [-0.2, -0.15) is 11.8 Å². The van der Waals surface area contributed by atoms with E-state index in [1.54, 1.807) is 17.8 Å². The predicted molar refractivity (Wildman–Crippen MR) is 94.2 cm³/mol. The Hall–Kier alpha value is -2.27. The smallest absolute Gasteiger partial charge is 0.262 e. The second-order valence-corrected chi connectivity index (χ2v) is 6.68. The molecule has 0 saturated heterocycles. The van der Waals surface area contributed by atoms with Crippen LogP contribution in [0, 0.1) is 0 Å². The Morgan fingerprint density at radius 2 is 1.87 bits per heavy atom. The molecule has 2 heterocycles. The summed E-state index contributed by atoms with van der Waals surface area (Å²) in [5.41, 5.74) is 2.96. The number of hydrogen-bond donors (Lipinski definition) is 1. The van der Waals surface area contributed by atoms with E-state index < -0.39 is 0 Å². The van der Waals surface area contributed by atoms with Gasteiger partial charge in [0, 0.05) is 28.4 Å². The molecular formula is C18H16N2O2S. The molecule has 0 saturated carbocycles. The third-order valence-electron chi connectivity index (χ3n) is 4.34. The van der Waals surface area contributed by atoms with Crippen molar-refractivity contribution in [1.29, 1.82) is 0 Å². The summed E-state index contributed by atoms with van der Waals surface area (Å²) in [6.45, 7) is 0.483. The maximum absolute atomic E-state index is 12.8. The van der Waals surface area contributed by atoms with Crippen LogP contribution in [0.2, 0.25) is 0 Å². The number of H-pyrrole nitrogens is 1. The molecule has 1 N–H and O–H groups in total. The molecule has 1 aliphatic rings. The zero-order valence-electron chi connectivity index (χ0n) is 12.8. The molecule has 0 spiro atoms. The summed E-state index contributed by atoms with van der Waals surface area (Å²) in [6, 6.07) is 11.5. The summed E-state index contributed by atoms with van der Waals surface area (Å²) >= 11 is 1.72. The summed E-state index contributed by atoms with van der Waals surface area (Å²) < 4.78 is 0. The maximum atomic E-state index is 12.8. The summed E-state index contributed by atoms with van der Waals surface area (Å²) in [4.78, 5) is 30.1. The van der Waals surface area contributed by atoms with E-state index in [-0.39, 0.29) is 11.8 Å². The first-order valence-electron chi connectivity index (χ1n) is 7.61. The van der Waals surface area contributed by atoms with E-state index in [0.717, 1.165) is 34.0 Å². The highest BCUT2D eigenvalue weighted by atomic mass is 32.2. The Labute approximate surface area is 137 Å². The topological polar surface area (TPSA) is 53.2 Å². The van der Waals surface area contributed by atoms with Crippen LogP contribution in [0.5, 0.6) is 0 Å². The molecule has 3 aromatic rings. The molecule has 4 nitrogen and oxygen atoms in total. The second kappa shape index (κ2) is 5.42. The van der Waals surface area contributed by atoms with Crippen molar-refractivity contribution in [2.24, 2.45) is 0 Å². The van der Waals surface area contributed by atoms with Crippen molar-refractivity contribution < 1.29 is 9.59 Å². The lowest BCUT2D eigenvalue weighted by molar-refractivity contribution is 0.0655. The Morgan fingerprint density at radius 1 is 1.04 bits per heavy atom. The highest BCUT2D eigenvalue weighted by Gasteiger charge is 2.37. The third kappa shape index (κ3) is 2.07. The number of rotatable bonds is 4. The van der Waals surface area contributed by atoms with Gasteiger partial charge in [0.1, 0.15) is 0 Å². The number of aromatic amines is 1. The van der Waals surface area contributed by atoms with Gasteiger partial charge in [-0.05, 0) is 36.6 Å². The van der Waals surface area contributed by atoms with Gasteiger partial charge in [-0.25, -0.2) is 0 Å². The molecular weight excluding hydrogens is 308 g/mol. The number of thioether (sulfide) groups is 1. The average molecular weight is 324 g/mol. The highest BCUT2D eigenvalue weighted by molar-refractivity contribution is 7.98. The van der Waals surface area contributed by atoms with E-state index >= 15 is 0 Å². The van der Waals surface area contributed by atoms with Crippen molar-refractivity contribution in [2.75, 3.05) is 18.6 Å². The van der Waals surface area contributed by atoms with Gasteiger partial charge in [0.05, 0.1) is 11.1 Å². The molecule has 2 amide bonds. The average Bonchev–Trinajstić information content (AvgIpc) is 3.05. The number of nitrogens with one attached hydrogen (secondary N) is 1. The molecule has 0 unspecified atom stereocenters. The van der Waals surface area contributed by atoms with E-state index in [0.29, 0.717) is 17.7 Å². The number of amides is 2. The van der Waals surface area contributed by atoms with Crippen molar-refractivity contribution in [1.82, 2.24) is 9.88 Å². The number of para-hydroxylation sites is 1. The Kier molecular flexibility index (Phi) is 3.38. The summed E-state index contributed by atoms with van der Waals surface area (Å²) in [7, 11) is 0. The number of imide groups is 1. The molecule has 0 radical (unpaired) electrons. The van der Waals surface area contributed by atoms with Gasteiger partial charge in [-0.3, -0.25) is 14.5 Å². The zero-order chi connectivity index (χ0) is 16.0. The molecule has 1 aliphatic heterocycles. The van der Waals surface area contributed by atoms with Crippen LogP contribution in [0.4, 0.5) is 0 Å². The normalized spacial score (nSPS) is 14.2. The Morgan fingerprint density at radius 3 is 2.70 bits per heavy atom. The largest absolute Gasteiger partial charge is 0.354 e. The molecule has 0 fully saturated rings. The van der Waals surface area contributed by atoms with Crippen molar-refractivity contribution in [3.63, 3.8) is 0 Å². The molecule has 5 heteroatoms. The van der Waals surface area contributed by atoms with Crippen LogP contribution in [-0.2, 0) is 0 Å². The maximum Gasteiger partial charge on any atom is 0.262 e. The second-order valence-electron chi connectivity index (χ2n) is 5.69. The number of fused-ring (bicyclic) bond motifs is 5. The lowest BCUT2D eigenvalue weighted by atomic mass is 10.0. The minimum atomic E-state index is -0.168. The van der Waals surface area contributed by atoms with E-state index in [2.05, 4.69) is 4.98 Å². The fourth-order valence-electron chi connectivity index (χ4n) is 3.28. The van der Waals surface area contributed by atoms with E-state index in [4.69, 9.17) is 0 Å². The number of carbonyl (C=O) groups is 2. The monoisotopic (exact) mass is 324 g/mol. The van der Waals surface area contributed by atoms with Gasteiger partial charge in [0.2, 0.25) is 0 Å². The lowest BCUT2D eigenvalue weighted by Crippen LogP contribution is -2.31. The molecule has 116 valence electrons. The number of nitrogens with zero attached hydrogens (tertiary/aromatic N) is 1. The predicted octanol–water partition coefficient (Wildman–Crippen LogP) is 3.67. The summed E-state index contributed by atoms with van der Waals surface area (Å²) in [6.07, 6.45) is 2.85. The molecule has 1 aromatic heterocycles. The number of hydrogen-bond acceptors (Lipinski definition) is 3.